The van der Waals surface area contributed by atoms with Gasteiger partial charge in [-0.05, 0) is 31.2 Å². The summed E-state index contributed by atoms with van der Waals surface area (Å²) in [5, 5.41) is 20.2. The van der Waals surface area contributed by atoms with Crippen LogP contribution in [0.1, 0.15) is 17.3 Å². The molecular formula is C14H9Na3O12S3. The van der Waals surface area contributed by atoms with Gasteiger partial charge in [0.2, 0.25) is 0 Å². The maximum Gasteiger partial charge on any atom is 1.00 e. The van der Waals surface area contributed by atoms with Gasteiger partial charge in [-0.3, -0.25) is 4.79 Å². The van der Waals surface area contributed by atoms with Crippen molar-refractivity contribution in [3.05, 3.63) is 29.8 Å². The number of phenols is 2. The van der Waals surface area contributed by atoms with Crippen LogP contribution in [0.3, 0.4) is 0 Å². The van der Waals surface area contributed by atoms with E-state index < -0.39 is 79.0 Å². The second-order valence-electron chi connectivity index (χ2n) is 5.60. The molecule has 0 aliphatic heterocycles. The van der Waals surface area contributed by atoms with Gasteiger partial charge in [0.05, 0.1) is 14.7 Å². The molecule has 0 radical (unpaired) electrons. The first-order valence-corrected chi connectivity index (χ1v) is 11.3. The number of carbonyl (C=O) groups is 1. The van der Waals surface area contributed by atoms with Crippen molar-refractivity contribution in [3.63, 3.8) is 0 Å². The summed E-state index contributed by atoms with van der Waals surface area (Å²) >= 11 is 0. The third kappa shape index (κ3) is 7.73. The zero-order valence-corrected chi connectivity index (χ0v) is 25.5. The van der Waals surface area contributed by atoms with Crippen LogP contribution >= 0.6 is 0 Å². The van der Waals surface area contributed by atoms with Crippen LogP contribution in [0, 0.1) is 0 Å². The molecule has 0 heterocycles. The van der Waals surface area contributed by atoms with Gasteiger partial charge in [-0.2, -0.15) is 0 Å². The third-order valence-corrected chi connectivity index (χ3v) is 6.18. The molecule has 32 heavy (non-hydrogen) atoms. The van der Waals surface area contributed by atoms with Gasteiger partial charge in [-0.15, -0.1) is 0 Å². The van der Waals surface area contributed by atoms with E-state index >= 15 is 0 Å². The van der Waals surface area contributed by atoms with Crippen molar-refractivity contribution in [1.82, 2.24) is 0 Å². The second kappa shape index (κ2) is 11.9. The molecule has 0 aromatic heterocycles. The molecule has 2 aromatic rings. The monoisotopic (exact) mass is 534 g/mol. The molecule has 158 valence electrons. The molecule has 0 saturated heterocycles. The summed E-state index contributed by atoms with van der Waals surface area (Å²) in [4.78, 5) is 7.51. The number of Topliss-reactive ketones (excluding diaryl/α,β-unsaturated/α-hetero) is 1. The molecule has 0 aliphatic carbocycles. The fraction of sp³-hybridized carbons (Fsp3) is 0.0714. The molecule has 18 heteroatoms. The molecule has 0 saturated carbocycles. The molecule has 2 N–H and O–H groups in total. The van der Waals surface area contributed by atoms with Crippen LogP contribution < -0.4 is 88.7 Å². The molecule has 0 spiro atoms. The predicted molar refractivity (Wildman–Crippen MR) is 89.1 cm³/mol. The van der Waals surface area contributed by atoms with Crippen LogP contribution in [0.4, 0.5) is 0 Å². The largest absolute Gasteiger partial charge is 1.00 e. The van der Waals surface area contributed by atoms with Gasteiger partial charge in [0, 0.05) is 16.7 Å². The fourth-order valence-corrected chi connectivity index (χ4v) is 4.34. The normalized spacial score (nSPS) is 11.5. The minimum absolute atomic E-state index is 0. The van der Waals surface area contributed by atoms with Gasteiger partial charge in [0.1, 0.15) is 41.9 Å². The maximum atomic E-state index is 11.5. The zero-order chi connectivity index (χ0) is 22.5. The van der Waals surface area contributed by atoms with Gasteiger partial charge in [-0.1, -0.05) is 0 Å². The minimum Gasteiger partial charge on any atom is -0.744 e. The van der Waals surface area contributed by atoms with Gasteiger partial charge in [0.15, 0.2) is 5.78 Å². The van der Waals surface area contributed by atoms with E-state index in [1.165, 1.54) is 0 Å². The van der Waals surface area contributed by atoms with E-state index in [1.54, 1.807) is 0 Å². The van der Waals surface area contributed by atoms with Crippen LogP contribution in [-0.4, -0.2) is 54.9 Å². The van der Waals surface area contributed by atoms with Crippen LogP contribution in [-0.2, 0) is 30.4 Å². The van der Waals surface area contributed by atoms with Crippen molar-refractivity contribution in [3.8, 4) is 22.6 Å². The van der Waals surface area contributed by atoms with E-state index in [-0.39, 0.29) is 94.7 Å². The molecular weight excluding hydrogens is 525 g/mol. The molecule has 2 aromatic carbocycles. The van der Waals surface area contributed by atoms with Crippen LogP contribution in [0.25, 0.3) is 11.1 Å². The summed E-state index contributed by atoms with van der Waals surface area (Å²) in [7, 11) is -16.3. The number of aromatic hydroxyl groups is 2. The Bertz CT molecular complexity index is 1370. The maximum absolute atomic E-state index is 11.5. The van der Waals surface area contributed by atoms with Gasteiger partial charge >= 0.3 is 88.7 Å². The molecule has 0 amide bonds. The second-order valence-corrected chi connectivity index (χ2v) is 9.68. The Balaban J connectivity index is 0. The van der Waals surface area contributed by atoms with Crippen molar-refractivity contribution in [2.75, 3.05) is 0 Å². The Labute approximate surface area is 249 Å². The standard InChI is InChI=1S/C14H12O12S3.3Na/c1-6(15)8-4-11(16)9(5-12(8)28(21,22)23)10-2-7(27(18,19)20)3-13(14(10)17)29(24,25)26;;;/h2-5,16-17H,1H3,(H,18,19,20)(H,21,22,23)(H,24,25,26);;;/q;3*+1/p-3. The van der Waals surface area contributed by atoms with E-state index in [1.807, 2.05) is 0 Å². The van der Waals surface area contributed by atoms with E-state index in [0.717, 1.165) is 6.92 Å². The van der Waals surface area contributed by atoms with Crippen molar-refractivity contribution in [2.45, 2.75) is 21.6 Å². The molecule has 0 bridgehead atoms. The fourth-order valence-electron chi connectivity index (χ4n) is 2.39. The van der Waals surface area contributed by atoms with E-state index in [4.69, 9.17) is 0 Å². The predicted octanol–water partition coefficient (Wildman–Crippen LogP) is -9.31. The molecule has 2 rings (SSSR count). The third-order valence-electron chi connectivity index (χ3n) is 3.64. The number of carbonyl (C=O) groups excluding carboxylic acids is 1. The summed E-state index contributed by atoms with van der Waals surface area (Å²) < 4.78 is 102. The quantitative estimate of drug-likeness (QED) is 0.207. The summed E-state index contributed by atoms with van der Waals surface area (Å²) in [6, 6.07) is 1.31. The number of rotatable bonds is 5. The Morgan fingerprint density at radius 2 is 1.19 bits per heavy atom. The summed E-state index contributed by atoms with van der Waals surface area (Å²) in [5.41, 5.74) is -2.55. The number of hydrogen-bond acceptors (Lipinski definition) is 12. The van der Waals surface area contributed by atoms with Gasteiger partial charge in [-0.25, -0.2) is 25.3 Å². The molecule has 0 atom stereocenters. The Hall–Kier alpha value is 0.440. The molecule has 0 fully saturated rings. The first kappa shape index (κ1) is 34.6. The first-order valence-electron chi connectivity index (χ1n) is 7.07. The van der Waals surface area contributed by atoms with E-state index in [0.29, 0.717) is 18.2 Å². The van der Waals surface area contributed by atoms with Crippen molar-refractivity contribution < 1.29 is 143 Å². The number of hydrogen-bond donors (Lipinski definition) is 2. The van der Waals surface area contributed by atoms with Crippen molar-refractivity contribution in [1.29, 1.82) is 0 Å². The average Bonchev–Trinajstić information content (AvgIpc) is 2.51. The van der Waals surface area contributed by atoms with Gasteiger partial charge in [0.25, 0.3) is 0 Å². The number of benzene rings is 2. The van der Waals surface area contributed by atoms with Crippen LogP contribution in [0.2, 0.25) is 0 Å². The summed E-state index contributed by atoms with van der Waals surface area (Å²) in [6.45, 7) is 0.868. The van der Waals surface area contributed by atoms with Crippen LogP contribution in [0.5, 0.6) is 11.5 Å². The van der Waals surface area contributed by atoms with Gasteiger partial charge < -0.3 is 23.9 Å². The van der Waals surface area contributed by atoms with Crippen molar-refractivity contribution in [2.24, 2.45) is 0 Å². The summed E-state index contributed by atoms with van der Waals surface area (Å²) in [5.74, 6) is -3.37. The molecule has 12 nitrogen and oxygen atoms in total. The number of ketones is 1. The SMILES string of the molecule is CC(=O)c1cc(O)c(-c2cc(S(=O)(=O)[O-])cc(S(=O)(=O)[O-])c2O)cc1S(=O)(=O)[O-].[Na+].[Na+].[Na+]. The van der Waals surface area contributed by atoms with E-state index in [9.17, 15) is 53.9 Å². The molecule has 0 unspecified atom stereocenters. The first-order chi connectivity index (χ1) is 12.9. The van der Waals surface area contributed by atoms with Crippen LogP contribution in [0.15, 0.2) is 39.0 Å². The molecule has 0 aliphatic rings. The smallest absolute Gasteiger partial charge is 0.744 e. The topological polar surface area (TPSA) is 229 Å². The Morgan fingerprint density at radius 3 is 1.56 bits per heavy atom. The van der Waals surface area contributed by atoms with E-state index in [2.05, 4.69) is 0 Å². The zero-order valence-electron chi connectivity index (χ0n) is 17.0. The Morgan fingerprint density at radius 1 is 0.719 bits per heavy atom. The number of phenolic OH excluding ortho intramolecular Hbond substituents is 2. The van der Waals surface area contributed by atoms with Crippen molar-refractivity contribution >= 4 is 36.1 Å². The Kier molecular flexibility index (Phi) is 12.9. The minimum atomic E-state index is -5.54. The average molecular weight is 534 g/mol. The summed E-state index contributed by atoms with van der Waals surface area (Å²) in [6.07, 6.45) is 0.